The van der Waals surface area contributed by atoms with E-state index in [1.807, 2.05) is 55.5 Å². The van der Waals surface area contributed by atoms with Crippen molar-refractivity contribution in [2.45, 2.75) is 20.4 Å². The molecule has 0 aliphatic rings. The fourth-order valence-corrected chi connectivity index (χ4v) is 1.94. The zero-order chi connectivity index (χ0) is 14.2. The van der Waals surface area contributed by atoms with E-state index in [2.05, 4.69) is 12.2 Å². The van der Waals surface area contributed by atoms with Crippen LogP contribution < -0.4 is 14.8 Å². The Labute approximate surface area is 120 Å². The molecule has 0 aliphatic heterocycles. The van der Waals surface area contributed by atoms with Gasteiger partial charge in [0.25, 0.3) is 0 Å². The zero-order valence-corrected chi connectivity index (χ0v) is 12.1. The minimum Gasteiger partial charge on any atom is -0.494 e. The molecule has 0 radical (unpaired) electrons. The monoisotopic (exact) mass is 271 g/mol. The van der Waals surface area contributed by atoms with E-state index < -0.39 is 0 Å². The van der Waals surface area contributed by atoms with Crippen LogP contribution in [-0.4, -0.2) is 13.2 Å². The highest BCUT2D eigenvalue weighted by Crippen LogP contribution is 2.27. The van der Waals surface area contributed by atoms with Crippen LogP contribution in [0, 0.1) is 0 Å². The van der Waals surface area contributed by atoms with E-state index in [0.29, 0.717) is 6.61 Å². The number of hydrogen-bond donors (Lipinski definition) is 1. The van der Waals surface area contributed by atoms with Crippen molar-refractivity contribution >= 4 is 0 Å². The van der Waals surface area contributed by atoms with Crippen LogP contribution in [0.3, 0.4) is 0 Å². The van der Waals surface area contributed by atoms with Crippen LogP contribution in [0.4, 0.5) is 0 Å². The van der Waals surface area contributed by atoms with Crippen molar-refractivity contribution in [3.8, 4) is 17.2 Å². The first kappa shape index (κ1) is 14.4. The number of benzene rings is 2. The number of nitrogens with one attached hydrogen (secondary N) is 1. The molecule has 0 unspecified atom stereocenters. The number of ether oxygens (including phenoxy) is 2. The van der Waals surface area contributed by atoms with Gasteiger partial charge in [-0.25, -0.2) is 0 Å². The highest BCUT2D eigenvalue weighted by Gasteiger charge is 2.06. The lowest BCUT2D eigenvalue weighted by atomic mass is 10.2. The summed E-state index contributed by atoms with van der Waals surface area (Å²) in [6, 6.07) is 15.7. The average Bonchev–Trinajstić information content (AvgIpc) is 2.48. The lowest BCUT2D eigenvalue weighted by Crippen LogP contribution is -2.13. The number of hydrogen-bond acceptors (Lipinski definition) is 3. The highest BCUT2D eigenvalue weighted by atomic mass is 16.5. The normalized spacial score (nSPS) is 10.3. The van der Waals surface area contributed by atoms with Gasteiger partial charge in [-0.05, 0) is 43.8 Å². The lowest BCUT2D eigenvalue weighted by molar-refractivity contribution is 0.335. The molecule has 3 nitrogen and oxygen atoms in total. The Bertz CT molecular complexity index is 526. The SMILES string of the molecule is CCNCc1cc(Oc2ccccc2)ccc1OCC. The van der Waals surface area contributed by atoms with Crippen LogP contribution in [-0.2, 0) is 6.54 Å². The third-order valence-corrected chi connectivity index (χ3v) is 2.88. The topological polar surface area (TPSA) is 30.5 Å². The predicted octanol–water partition coefficient (Wildman–Crippen LogP) is 3.99. The molecule has 0 amide bonds. The molecule has 0 saturated heterocycles. The molecule has 2 aromatic carbocycles. The molecule has 1 N–H and O–H groups in total. The second-order valence-electron chi connectivity index (χ2n) is 4.40. The predicted molar refractivity (Wildman–Crippen MR) is 81.5 cm³/mol. The van der Waals surface area contributed by atoms with Gasteiger partial charge in [-0.2, -0.15) is 0 Å². The summed E-state index contributed by atoms with van der Waals surface area (Å²) in [5.41, 5.74) is 1.11. The van der Waals surface area contributed by atoms with Gasteiger partial charge in [0.05, 0.1) is 6.61 Å². The van der Waals surface area contributed by atoms with Crippen molar-refractivity contribution < 1.29 is 9.47 Å². The van der Waals surface area contributed by atoms with Crippen LogP contribution >= 0.6 is 0 Å². The average molecular weight is 271 g/mol. The van der Waals surface area contributed by atoms with Crippen LogP contribution in [0.25, 0.3) is 0 Å². The molecular weight excluding hydrogens is 250 g/mol. The minimum atomic E-state index is 0.665. The van der Waals surface area contributed by atoms with E-state index in [0.717, 1.165) is 35.9 Å². The maximum absolute atomic E-state index is 5.85. The van der Waals surface area contributed by atoms with Crippen molar-refractivity contribution in [3.63, 3.8) is 0 Å². The van der Waals surface area contributed by atoms with Crippen molar-refractivity contribution in [2.24, 2.45) is 0 Å². The van der Waals surface area contributed by atoms with Gasteiger partial charge in [-0.1, -0.05) is 25.1 Å². The van der Waals surface area contributed by atoms with E-state index in [9.17, 15) is 0 Å². The molecule has 0 heterocycles. The van der Waals surface area contributed by atoms with Gasteiger partial charge in [0.1, 0.15) is 17.2 Å². The van der Waals surface area contributed by atoms with Gasteiger partial charge in [-0.15, -0.1) is 0 Å². The van der Waals surface area contributed by atoms with Crippen LogP contribution in [0.5, 0.6) is 17.2 Å². The molecule has 2 rings (SSSR count). The summed E-state index contributed by atoms with van der Waals surface area (Å²) >= 11 is 0. The summed E-state index contributed by atoms with van der Waals surface area (Å²) in [5, 5.41) is 3.32. The Morgan fingerprint density at radius 1 is 0.950 bits per heavy atom. The molecular formula is C17H21NO2. The van der Waals surface area contributed by atoms with E-state index in [4.69, 9.17) is 9.47 Å². The summed E-state index contributed by atoms with van der Waals surface area (Å²) < 4.78 is 11.5. The van der Waals surface area contributed by atoms with Gasteiger partial charge in [0.2, 0.25) is 0 Å². The van der Waals surface area contributed by atoms with Gasteiger partial charge in [-0.3, -0.25) is 0 Å². The first-order valence-electron chi connectivity index (χ1n) is 7.02. The zero-order valence-electron chi connectivity index (χ0n) is 12.1. The van der Waals surface area contributed by atoms with Crippen molar-refractivity contribution in [1.29, 1.82) is 0 Å². The van der Waals surface area contributed by atoms with E-state index in [1.54, 1.807) is 0 Å². The van der Waals surface area contributed by atoms with Crippen LogP contribution in [0.2, 0.25) is 0 Å². The summed E-state index contributed by atoms with van der Waals surface area (Å²) in [5.74, 6) is 2.58. The molecule has 0 aromatic heterocycles. The smallest absolute Gasteiger partial charge is 0.128 e. The Morgan fingerprint density at radius 2 is 1.75 bits per heavy atom. The minimum absolute atomic E-state index is 0.665. The Hall–Kier alpha value is -2.00. The highest BCUT2D eigenvalue weighted by molar-refractivity contribution is 5.42. The third-order valence-electron chi connectivity index (χ3n) is 2.88. The molecule has 2 aromatic rings. The van der Waals surface area contributed by atoms with Gasteiger partial charge >= 0.3 is 0 Å². The summed E-state index contributed by atoms with van der Waals surface area (Å²) in [4.78, 5) is 0. The molecule has 0 fully saturated rings. The van der Waals surface area contributed by atoms with Crippen LogP contribution in [0.1, 0.15) is 19.4 Å². The molecule has 0 spiro atoms. The van der Waals surface area contributed by atoms with Gasteiger partial charge in [0.15, 0.2) is 0 Å². The van der Waals surface area contributed by atoms with Crippen LogP contribution in [0.15, 0.2) is 48.5 Å². The first-order valence-corrected chi connectivity index (χ1v) is 7.02. The van der Waals surface area contributed by atoms with Crippen molar-refractivity contribution in [3.05, 3.63) is 54.1 Å². The summed E-state index contributed by atoms with van der Waals surface area (Å²) in [6.07, 6.45) is 0. The maximum atomic E-state index is 5.85. The molecule has 106 valence electrons. The molecule has 0 saturated carbocycles. The number of rotatable bonds is 7. The Kier molecular flexibility index (Phi) is 5.44. The third kappa shape index (κ3) is 4.00. The molecule has 3 heteroatoms. The maximum Gasteiger partial charge on any atom is 0.128 e. The van der Waals surface area contributed by atoms with E-state index in [1.165, 1.54) is 0 Å². The van der Waals surface area contributed by atoms with E-state index >= 15 is 0 Å². The van der Waals surface area contributed by atoms with Crippen molar-refractivity contribution in [2.75, 3.05) is 13.2 Å². The second-order valence-corrected chi connectivity index (χ2v) is 4.40. The fraction of sp³-hybridized carbons (Fsp3) is 0.294. The summed E-state index contributed by atoms with van der Waals surface area (Å²) in [6.45, 7) is 6.45. The van der Waals surface area contributed by atoms with Gasteiger partial charge in [0, 0.05) is 12.1 Å². The van der Waals surface area contributed by atoms with Crippen molar-refractivity contribution in [1.82, 2.24) is 5.32 Å². The Balaban J connectivity index is 2.17. The standard InChI is InChI=1S/C17H21NO2/c1-3-18-13-14-12-16(10-11-17(14)19-4-2)20-15-8-6-5-7-9-15/h5-12,18H,3-4,13H2,1-2H3. The van der Waals surface area contributed by atoms with Gasteiger partial charge < -0.3 is 14.8 Å². The first-order chi connectivity index (χ1) is 9.83. The number of para-hydroxylation sites is 1. The van der Waals surface area contributed by atoms with E-state index in [-0.39, 0.29) is 0 Å². The molecule has 0 aliphatic carbocycles. The molecule has 0 bridgehead atoms. The largest absolute Gasteiger partial charge is 0.494 e. The second kappa shape index (κ2) is 7.56. The molecule has 0 atom stereocenters. The lowest BCUT2D eigenvalue weighted by Gasteiger charge is -2.13. The molecule has 20 heavy (non-hydrogen) atoms. The quantitative estimate of drug-likeness (QED) is 0.826. The summed E-state index contributed by atoms with van der Waals surface area (Å²) in [7, 11) is 0. The fourth-order valence-electron chi connectivity index (χ4n) is 1.94. The Morgan fingerprint density at radius 3 is 2.45 bits per heavy atom.